The zero-order chi connectivity index (χ0) is 16.9. The molecule has 2 aliphatic carbocycles. The first-order valence-corrected chi connectivity index (χ1v) is 8.20. The second kappa shape index (κ2) is 5.46. The van der Waals surface area contributed by atoms with Crippen LogP contribution in [0.4, 0.5) is 13.2 Å². The molecule has 2 aromatic heterocycles. The summed E-state index contributed by atoms with van der Waals surface area (Å²) in [5.74, 6) is -0.345. The number of amides is 1. The van der Waals surface area contributed by atoms with Crippen LogP contribution in [0.1, 0.15) is 66.2 Å². The van der Waals surface area contributed by atoms with Crippen LogP contribution in [0.2, 0.25) is 0 Å². The molecule has 0 radical (unpaired) electrons. The topological polar surface area (TPSA) is 59.3 Å². The predicted molar refractivity (Wildman–Crippen MR) is 79.7 cm³/mol. The van der Waals surface area contributed by atoms with E-state index in [4.69, 9.17) is 0 Å². The van der Waals surface area contributed by atoms with Crippen LogP contribution in [0.25, 0.3) is 5.65 Å². The first-order valence-electron chi connectivity index (χ1n) is 8.20. The fraction of sp³-hybridized carbons (Fsp3) is 0.562. The number of alkyl halides is 3. The van der Waals surface area contributed by atoms with Crippen molar-refractivity contribution in [3.05, 3.63) is 29.2 Å². The highest BCUT2D eigenvalue weighted by Crippen LogP contribution is 2.41. The van der Waals surface area contributed by atoms with Gasteiger partial charge in [0.25, 0.3) is 5.91 Å². The van der Waals surface area contributed by atoms with Crippen molar-refractivity contribution in [2.75, 3.05) is 0 Å². The van der Waals surface area contributed by atoms with E-state index in [1.54, 1.807) is 0 Å². The lowest BCUT2D eigenvalue weighted by molar-refractivity contribution is -0.142. The molecule has 2 aliphatic rings. The Labute approximate surface area is 136 Å². The first kappa shape index (κ1) is 15.4. The first-order chi connectivity index (χ1) is 11.4. The van der Waals surface area contributed by atoms with Gasteiger partial charge >= 0.3 is 6.18 Å². The monoisotopic (exact) mass is 338 g/mol. The van der Waals surface area contributed by atoms with E-state index in [1.165, 1.54) is 6.20 Å². The van der Waals surface area contributed by atoms with Crippen LogP contribution in [-0.4, -0.2) is 26.5 Å². The van der Waals surface area contributed by atoms with Gasteiger partial charge in [0.05, 0.1) is 6.20 Å². The van der Waals surface area contributed by atoms with Crippen LogP contribution in [0.15, 0.2) is 12.3 Å². The van der Waals surface area contributed by atoms with Gasteiger partial charge in [-0.2, -0.15) is 18.3 Å². The van der Waals surface area contributed by atoms with Crippen LogP contribution in [0.5, 0.6) is 0 Å². The van der Waals surface area contributed by atoms with Crippen LogP contribution >= 0.6 is 0 Å². The zero-order valence-electron chi connectivity index (χ0n) is 12.9. The molecule has 24 heavy (non-hydrogen) atoms. The number of carbonyl (C=O) groups is 1. The van der Waals surface area contributed by atoms with Gasteiger partial charge in [0.15, 0.2) is 5.65 Å². The van der Waals surface area contributed by atoms with Crippen molar-refractivity contribution in [3.63, 3.8) is 0 Å². The highest BCUT2D eigenvalue weighted by atomic mass is 19.4. The normalized spacial score (nSPS) is 19.1. The van der Waals surface area contributed by atoms with Crippen molar-refractivity contribution in [1.82, 2.24) is 19.9 Å². The second-order valence-electron chi connectivity index (χ2n) is 6.59. The minimum Gasteiger partial charge on any atom is -0.349 e. The molecule has 128 valence electrons. The van der Waals surface area contributed by atoms with Gasteiger partial charge in [0, 0.05) is 17.7 Å². The predicted octanol–water partition coefficient (Wildman–Crippen LogP) is 3.30. The summed E-state index contributed by atoms with van der Waals surface area (Å²) in [6.45, 7) is 0. The largest absolute Gasteiger partial charge is 0.433 e. The Morgan fingerprint density at radius 1 is 1.21 bits per heavy atom. The summed E-state index contributed by atoms with van der Waals surface area (Å²) in [6, 6.07) is 1.14. The maximum absolute atomic E-state index is 13.3. The molecular weight excluding hydrogens is 321 g/mol. The molecular formula is C16H17F3N4O. The van der Waals surface area contributed by atoms with Gasteiger partial charge in [-0.05, 0) is 31.7 Å². The van der Waals surface area contributed by atoms with Crippen molar-refractivity contribution >= 4 is 11.6 Å². The molecule has 0 aliphatic heterocycles. The Hall–Kier alpha value is -2.12. The number of rotatable bonds is 3. The smallest absolute Gasteiger partial charge is 0.349 e. The summed E-state index contributed by atoms with van der Waals surface area (Å²) in [5, 5.41) is 6.66. The standard InChI is InChI=1S/C16H17F3N4O/c17-16(18,19)13-7-12(9-5-6-9)22-14-11(8-20-23(13)14)15(24)21-10-3-1-2-4-10/h7-10H,1-6H2,(H,21,24). The third kappa shape index (κ3) is 2.74. The average molecular weight is 338 g/mol. The molecule has 0 aromatic carbocycles. The highest BCUT2D eigenvalue weighted by molar-refractivity contribution is 5.99. The molecule has 2 fully saturated rings. The van der Waals surface area contributed by atoms with Gasteiger partial charge < -0.3 is 5.32 Å². The molecule has 0 saturated heterocycles. The Kier molecular flexibility index (Phi) is 3.51. The van der Waals surface area contributed by atoms with E-state index < -0.39 is 17.8 Å². The van der Waals surface area contributed by atoms with Crippen molar-refractivity contribution in [2.45, 2.75) is 56.7 Å². The van der Waals surface area contributed by atoms with Gasteiger partial charge in [-0.1, -0.05) is 12.8 Å². The molecule has 0 unspecified atom stereocenters. The number of hydrogen-bond acceptors (Lipinski definition) is 3. The second-order valence-corrected chi connectivity index (χ2v) is 6.59. The number of carbonyl (C=O) groups excluding carboxylic acids is 1. The number of hydrogen-bond donors (Lipinski definition) is 1. The molecule has 0 atom stereocenters. The lowest BCUT2D eigenvalue weighted by Crippen LogP contribution is -2.32. The lowest BCUT2D eigenvalue weighted by Gasteiger charge is -2.12. The zero-order valence-corrected chi connectivity index (χ0v) is 12.9. The number of fused-ring (bicyclic) bond motifs is 1. The fourth-order valence-electron chi connectivity index (χ4n) is 3.27. The van der Waals surface area contributed by atoms with Gasteiger partial charge in [-0.25, -0.2) is 9.50 Å². The Morgan fingerprint density at radius 3 is 2.54 bits per heavy atom. The van der Waals surface area contributed by atoms with Gasteiger partial charge in [-0.3, -0.25) is 4.79 Å². The third-order valence-corrected chi connectivity index (χ3v) is 4.71. The molecule has 0 spiro atoms. The molecule has 2 aromatic rings. The number of nitrogens with zero attached hydrogens (tertiary/aromatic N) is 3. The van der Waals surface area contributed by atoms with Gasteiger partial charge in [0.2, 0.25) is 0 Å². The molecule has 2 heterocycles. The van der Waals surface area contributed by atoms with Crippen molar-refractivity contribution < 1.29 is 18.0 Å². The summed E-state index contributed by atoms with van der Waals surface area (Å²) in [6.07, 6.45) is 2.22. The van der Waals surface area contributed by atoms with Crippen LogP contribution in [-0.2, 0) is 6.18 Å². The van der Waals surface area contributed by atoms with E-state index in [-0.39, 0.29) is 23.2 Å². The van der Waals surface area contributed by atoms with Crippen LogP contribution in [0.3, 0.4) is 0 Å². The Morgan fingerprint density at radius 2 is 1.92 bits per heavy atom. The molecule has 1 N–H and O–H groups in total. The summed E-state index contributed by atoms with van der Waals surface area (Å²) >= 11 is 0. The highest BCUT2D eigenvalue weighted by Gasteiger charge is 2.38. The molecule has 5 nitrogen and oxygen atoms in total. The quantitative estimate of drug-likeness (QED) is 0.934. The van der Waals surface area contributed by atoms with Crippen LogP contribution < -0.4 is 5.32 Å². The summed E-state index contributed by atoms with van der Waals surface area (Å²) < 4.78 is 40.7. The minimum absolute atomic E-state index is 0.0118. The maximum atomic E-state index is 13.3. The lowest BCUT2D eigenvalue weighted by atomic mass is 10.2. The molecule has 4 rings (SSSR count). The molecule has 8 heteroatoms. The Bertz CT molecular complexity index is 788. The summed E-state index contributed by atoms with van der Waals surface area (Å²) in [7, 11) is 0. The summed E-state index contributed by atoms with van der Waals surface area (Å²) in [4.78, 5) is 16.8. The Balaban J connectivity index is 1.76. The third-order valence-electron chi connectivity index (χ3n) is 4.71. The van der Waals surface area contributed by atoms with Gasteiger partial charge in [0.1, 0.15) is 11.3 Å². The number of halogens is 3. The number of nitrogens with one attached hydrogen (secondary N) is 1. The van der Waals surface area contributed by atoms with E-state index in [0.29, 0.717) is 5.69 Å². The maximum Gasteiger partial charge on any atom is 0.433 e. The SMILES string of the molecule is O=C(NC1CCCC1)c1cnn2c(C(F)(F)F)cc(C3CC3)nc12. The number of aromatic nitrogens is 3. The van der Waals surface area contributed by atoms with Crippen molar-refractivity contribution in [3.8, 4) is 0 Å². The average Bonchev–Trinajstić information content (AvgIpc) is 3.08. The minimum atomic E-state index is -4.55. The van der Waals surface area contributed by atoms with Crippen LogP contribution in [0, 0.1) is 0 Å². The molecule has 2 saturated carbocycles. The van der Waals surface area contributed by atoms with E-state index in [9.17, 15) is 18.0 Å². The van der Waals surface area contributed by atoms with E-state index in [2.05, 4.69) is 15.4 Å². The molecule has 1 amide bonds. The van der Waals surface area contributed by atoms with E-state index >= 15 is 0 Å². The molecule has 0 bridgehead atoms. The van der Waals surface area contributed by atoms with E-state index in [0.717, 1.165) is 49.1 Å². The summed E-state index contributed by atoms with van der Waals surface area (Å²) in [5.41, 5.74) is -0.392. The van der Waals surface area contributed by atoms with Crippen molar-refractivity contribution in [2.24, 2.45) is 0 Å². The van der Waals surface area contributed by atoms with Crippen molar-refractivity contribution in [1.29, 1.82) is 0 Å². The fourth-order valence-corrected chi connectivity index (χ4v) is 3.27. The van der Waals surface area contributed by atoms with E-state index in [1.807, 2.05) is 0 Å². The van der Waals surface area contributed by atoms with Gasteiger partial charge in [-0.15, -0.1) is 0 Å².